The van der Waals surface area contributed by atoms with Gasteiger partial charge < -0.3 is 4.74 Å². The molecule has 2 aromatic carbocycles. The normalized spacial score (nSPS) is 21.7. The SMILES string of the molecule is O=C1OC(c2cccc(F)c2)C(F)c2ccccc21. The molecular weight excluding hydrogens is 250 g/mol. The van der Waals surface area contributed by atoms with Gasteiger partial charge in [0, 0.05) is 5.56 Å². The monoisotopic (exact) mass is 260 g/mol. The first-order valence-corrected chi connectivity index (χ1v) is 5.86. The fourth-order valence-electron chi connectivity index (χ4n) is 2.25. The third kappa shape index (κ3) is 1.99. The maximum absolute atomic E-state index is 14.4. The lowest BCUT2D eigenvalue weighted by molar-refractivity contribution is -0.00400. The van der Waals surface area contributed by atoms with Gasteiger partial charge in [0.15, 0.2) is 12.3 Å². The van der Waals surface area contributed by atoms with E-state index in [2.05, 4.69) is 0 Å². The number of alkyl halides is 1. The largest absolute Gasteiger partial charge is 0.450 e. The Balaban J connectivity index is 2.05. The molecule has 0 amide bonds. The van der Waals surface area contributed by atoms with Gasteiger partial charge in [-0.1, -0.05) is 30.3 Å². The fraction of sp³-hybridized carbons (Fsp3) is 0.133. The third-order valence-corrected chi connectivity index (χ3v) is 3.15. The van der Waals surface area contributed by atoms with E-state index in [1.165, 1.54) is 24.3 Å². The first kappa shape index (κ1) is 11.8. The number of esters is 1. The highest BCUT2D eigenvalue weighted by Crippen LogP contribution is 2.41. The smallest absolute Gasteiger partial charge is 0.339 e. The predicted molar refractivity (Wildman–Crippen MR) is 64.8 cm³/mol. The number of carbonyl (C=O) groups excluding carboxylic acids is 1. The van der Waals surface area contributed by atoms with Crippen LogP contribution in [0.2, 0.25) is 0 Å². The average Bonchev–Trinajstić information content (AvgIpc) is 2.43. The van der Waals surface area contributed by atoms with E-state index < -0.39 is 24.1 Å². The highest BCUT2D eigenvalue weighted by molar-refractivity contribution is 5.92. The van der Waals surface area contributed by atoms with Crippen molar-refractivity contribution < 1.29 is 18.3 Å². The minimum atomic E-state index is -1.49. The maximum atomic E-state index is 14.4. The van der Waals surface area contributed by atoms with Crippen molar-refractivity contribution in [1.29, 1.82) is 0 Å². The summed E-state index contributed by atoms with van der Waals surface area (Å²) in [5.74, 6) is -1.07. The molecule has 2 atom stereocenters. The molecule has 2 aromatic rings. The van der Waals surface area contributed by atoms with Crippen molar-refractivity contribution in [3.63, 3.8) is 0 Å². The van der Waals surface area contributed by atoms with Gasteiger partial charge in [0.2, 0.25) is 0 Å². The number of hydrogen-bond acceptors (Lipinski definition) is 2. The van der Waals surface area contributed by atoms with Gasteiger partial charge in [-0.2, -0.15) is 0 Å². The Morgan fingerprint density at radius 2 is 1.84 bits per heavy atom. The van der Waals surface area contributed by atoms with Crippen LogP contribution in [0.1, 0.15) is 33.8 Å². The molecule has 96 valence electrons. The number of ether oxygens (including phenoxy) is 1. The van der Waals surface area contributed by atoms with E-state index in [0.29, 0.717) is 5.56 Å². The van der Waals surface area contributed by atoms with E-state index in [4.69, 9.17) is 4.74 Å². The van der Waals surface area contributed by atoms with Gasteiger partial charge in [-0.05, 0) is 23.8 Å². The quantitative estimate of drug-likeness (QED) is 0.730. The molecule has 1 heterocycles. The van der Waals surface area contributed by atoms with E-state index >= 15 is 0 Å². The van der Waals surface area contributed by atoms with Crippen molar-refractivity contribution in [2.45, 2.75) is 12.3 Å². The van der Waals surface area contributed by atoms with Crippen molar-refractivity contribution in [2.75, 3.05) is 0 Å². The number of fused-ring (bicyclic) bond motifs is 1. The summed E-state index contributed by atoms with van der Waals surface area (Å²) < 4.78 is 32.7. The van der Waals surface area contributed by atoms with E-state index in [0.717, 1.165) is 0 Å². The molecule has 0 aliphatic carbocycles. The van der Waals surface area contributed by atoms with Crippen LogP contribution in [0.5, 0.6) is 0 Å². The van der Waals surface area contributed by atoms with Crippen LogP contribution >= 0.6 is 0 Å². The van der Waals surface area contributed by atoms with Crippen LogP contribution in [-0.4, -0.2) is 5.97 Å². The zero-order valence-electron chi connectivity index (χ0n) is 9.85. The van der Waals surface area contributed by atoms with Crippen molar-refractivity contribution >= 4 is 5.97 Å². The minimum absolute atomic E-state index is 0.225. The highest BCUT2D eigenvalue weighted by Gasteiger charge is 2.36. The Morgan fingerprint density at radius 3 is 2.63 bits per heavy atom. The van der Waals surface area contributed by atoms with Crippen LogP contribution in [0.25, 0.3) is 0 Å². The lowest BCUT2D eigenvalue weighted by atomic mass is 9.93. The van der Waals surface area contributed by atoms with E-state index in [1.807, 2.05) is 0 Å². The number of halogens is 2. The topological polar surface area (TPSA) is 26.3 Å². The molecule has 0 saturated heterocycles. The van der Waals surface area contributed by atoms with Crippen LogP contribution in [0.4, 0.5) is 8.78 Å². The Kier molecular flexibility index (Phi) is 2.78. The number of benzene rings is 2. The average molecular weight is 260 g/mol. The Hall–Kier alpha value is -2.23. The van der Waals surface area contributed by atoms with Crippen molar-refractivity contribution in [3.8, 4) is 0 Å². The fourth-order valence-corrected chi connectivity index (χ4v) is 2.25. The summed E-state index contributed by atoms with van der Waals surface area (Å²) in [6.07, 6.45) is -2.59. The Bertz CT molecular complexity index is 640. The molecule has 0 aromatic heterocycles. The molecular formula is C15H10F2O2. The molecule has 0 saturated carbocycles. The zero-order valence-corrected chi connectivity index (χ0v) is 9.85. The van der Waals surface area contributed by atoms with Gasteiger partial charge in [0.05, 0.1) is 5.56 Å². The summed E-state index contributed by atoms with van der Waals surface area (Å²) in [6.45, 7) is 0. The Morgan fingerprint density at radius 1 is 1.05 bits per heavy atom. The van der Waals surface area contributed by atoms with Gasteiger partial charge in [-0.25, -0.2) is 13.6 Å². The first-order chi connectivity index (χ1) is 9.16. The molecule has 0 spiro atoms. The second-order valence-electron chi connectivity index (χ2n) is 4.37. The van der Waals surface area contributed by atoms with Crippen molar-refractivity contribution in [1.82, 2.24) is 0 Å². The lowest BCUT2D eigenvalue weighted by Gasteiger charge is -2.28. The molecule has 0 radical (unpaired) electrons. The molecule has 1 aliphatic heterocycles. The summed E-state index contributed by atoms with van der Waals surface area (Å²) in [4.78, 5) is 11.8. The third-order valence-electron chi connectivity index (χ3n) is 3.15. The number of hydrogen-bond donors (Lipinski definition) is 0. The summed E-state index contributed by atoms with van der Waals surface area (Å²) >= 11 is 0. The number of carbonyl (C=O) groups is 1. The summed E-state index contributed by atoms with van der Waals surface area (Å²) in [7, 11) is 0. The van der Waals surface area contributed by atoms with E-state index in [-0.39, 0.29) is 11.1 Å². The first-order valence-electron chi connectivity index (χ1n) is 5.86. The summed E-state index contributed by atoms with van der Waals surface area (Å²) in [5, 5.41) is 0. The second kappa shape index (κ2) is 4.46. The molecule has 1 aliphatic rings. The molecule has 19 heavy (non-hydrogen) atoms. The lowest BCUT2D eigenvalue weighted by Crippen LogP contribution is -2.24. The van der Waals surface area contributed by atoms with Gasteiger partial charge in [-0.3, -0.25) is 0 Å². The van der Waals surface area contributed by atoms with Gasteiger partial charge >= 0.3 is 5.97 Å². The standard InChI is InChI=1S/C15H10F2O2/c16-10-5-3-4-9(8-10)14-13(17)11-6-1-2-7-12(11)15(18)19-14/h1-8,13-14H. The van der Waals surface area contributed by atoms with Crippen LogP contribution < -0.4 is 0 Å². The van der Waals surface area contributed by atoms with Crippen LogP contribution in [0.3, 0.4) is 0 Å². The van der Waals surface area contributed by atoms with Crippen LogP contribution in [0, 0.1) is 5.82 Å². The molecule has 0 fully saturated rings. The zero-order chi connectivity index (χ0) is 13.4. The number of rotatable bonds is 1. The molecule has 2 unspecified atom stereocenters. The molecule has 0 bridgehead atoms. The highest BCUT2D eigenvalue weighted by atomic mass is 19.1. The van der Waals surface area contributed by atoms with Gasteiger partial charge in [0.25, 0.3) is 0 Å². The molecule has 4 heteroatoms. The summed E-state index contributed by atoms with van der Waals surface area (Å²) in [6, 6.07) is 11.8. The van der Waals surface area contributed by atoms with Crippen LogP contribution in [-0.2, 0) is 4.74 Å². The summed E-state index contributed by atoms with van der Waals surface area (Å²) in [5.41, 5.74) is 0.825. The molecule has 0 N–H and O–H groups in total. The van der Waals surface area contributed by atoms with Crippen molar-refractivity contribution in [2.24, 2.45) is 0 Å². The maximum Gasteiger partial charge on any atom is 0.339 e. The predicted octanol–water partition coefficient (Wildman–Crippen LogP) is 3.75. The van der Waals surface area contributed by atoms with Gasteiger partial charge in [0.1, 0.15) is 5.82 Å². The second-order valence-corrected chi connectivity index (χ2v) is 4.37. The van der Waals surface area contributed by atoms with E-state index in [1.54, 1.807) is 24.3 Å². The van der Waals surface area contributed by atoms with E-state index in [9.17, 15) is 13.6 Å². The van der Waals surface area contributed by atoms with Gasteiger partial charge in [-0.15, -0.1) is 0 Å². The molecule has 3 rings (SSSR count). The minimum Gasteiger partial charge on any atom is -0.450 e. The number of cyclic esters (lactones) is 1. The Labute approximate surface area is 108 Å². The molecule has 2 nitrogen and oxygen atoms in total. The van der Waals surface area contributed by atoms with Crippen LogP contribution in [0.15, 0.2) is 48.5 Å². The van der Waals surface area contributed by atoms with Crippen molar-refractivity contribution in [3.05, 3.63) is 71.0 Å².